The second-order valence-electron chi connectivity index (χ2n) is 3.37. The van der Waals surface area contributed by atoms with Gasteiger partial charge >= 0.3 is 0 Å². The number of H-pyrrole nitrogens is 1. The Bertz CT molecular complexity index is 658. The summed E-state index contributed by atoms with van der Waals surface area (Å²) in [4.78, 5) is 10.9. The molecule has 0 aliphatic rings. The number of nitrogens with one attached hydrogen (secondary N) is 1. The molecule has 80 valence electrons. The van der Waals surface area contributed by atoms with Gasteiger partial charge in [-0.1, -0.05) is 5.16 Å². The third kappa shape index (κ3) is 1.19. The lowest BCUT2D eigenvalue weighted by atomic mass is 10.2. The summed E-state index contributed by atoms with van der Waals surface area (Å²) >= 11 is 0. The highest BCUT2D eigenvalue weighted by atomic mass is 19.1. The predicted molar refractivity (Wildman–Crippen MR) is 54.1 cm³/mol. The van der Waals surface area contributed by atoms with Crippen LogP contribution < -0.4 is 0 Å². The van der Waals surface area contributed by atoms with Gasteiger partial charge in [0.1, 0.15) is 0 Å². The fourth-order valence-corrected chi connectivity index (χ4v) is 1.58. The zero-order chi connectivity index (χ0) is 11.1. The molecule has 0 spiro atoms. The molecule has 3 heterocycles. The summed E-state index contributed by atoms with van der Waals surface area (Å²) in [5.41, 5.74) is 1.02. The number of aryl methyl sites for hydroxylation is 1. The third-order valence-electron chi connectivity index (χ3n) is 2.28. The molecule has 6 heteroatoms. The molecule has 0 unspecified atom stereocenters. The van der Waals surface area contributed by atoms with Gasteiger partial charge in [-0.05, 0) is 13.0 Å². The first-order valence-corrected chi connectivity index (χ1v) is 4.68. The van der Waals surface area contributed by atoms with Crippen molar-refractivity contribution in [3.63, 3.8) is 0 Å². The van der Waals surface area contributed by atoms with E-state index in [-0.39, 0.29) is 11.7 Å². The van der Waals surface area contributed by atoms with E-state index >= 15 is 0 Å². The minimum absolute atomic E-state index is 0.282. The van der Waals surface area contributed by atoms with Crippen LogP contribution in [0.3, 0.4) is 0 Å². The van der Waals surface area contributed by atoms with Crippen LogP contribution in [0.5, 0.6) is 0 Å². The van der Waals surface area contributed by atoms with E-state index in [1.54, 1.807) is 19.2 Å². The van der Waals surface area contributed by atoms with E-state index in [2.05, 4.69) is 20.1 Å². The van der Waals surface area contributed by atoms with Crippen molar-refractivity contribution in [3.05, 3.63) is 30.1 Å². The molecule has 0 saturated carbocycles. The molecule has 0 aromatic carbocycles. The topological polar surface area (TPSA) is 67.6 Å². The molecule has 0 radical (unpaired) electrons. The average molecular weight is 218 g/mol. The van der Waals surface area contributed by atoms with Gasteiger partial charge < -0.3 is 9.51 Å². The van der Waals surface area contributed by atoms with Gasteiger partial charge in [0.05, 0.1) is 11.7 Å². The first kappa shape index (κ1) is 9.02. The molecule has 5 nitrogen and oxygen atoms in total. The van der Waals surface area contributed by atoms with Gasteiger partial charge in [-0.3, -0.25) is 0 Å². The molecule has 0 bridgehead atoms. The fraction of sp³-hybridized carbons (Fsp3) is 0.100. The number of halogens is 1. The Hall–Kier alpha value is -2.24. The highest BCUT2D eigenvalue weighted by molar-refractivity contribution is 5.90. The summed E-state index contributed by atoms with van der Waals surface area (Å²) in [6, 6.07) is 1.64. The van der Waals surface area contributed by atoms with Gasteiger partial charge in [0, 0.05) is 11.6 Å². The van der Waals surface area contributed by atoms with Gasteiger partial charge in [0.25, 0.3) is 5.89 Å². The Morgan fingerprint density at radius 2 is 2.31 bits per heavy atom. The van der Waals surface area contributed by atoms with Gasteiger partial charge in [-0.2, -0.15) is 4.98 Å². The summed E-state index contributed by atoms with van der Waals surface area (Å²) in [5.74, 6) is 0.419. The van der Waals surface area contributed by atoms with Crippen LogP contribution in [0.4, 0.5) is 4.39 Å². The van der Waals surface area contributed by atoms with Crippen molar-refractivity contribution in [1.29, 1.82) is 0 Å². The lowest BCUT2D eigenvalue weighted by Gasteiger charge is -1.97. The fourth-order valence-electron chi connectivity index (χ4n) is 1.58. The Morgan fingerprint density at radius 1 is 1.44 bits per heavy atom. The smallest absolute Gasteiger partial charge is 0.278 e. The van der Waals surface area contributed by atoms with Crippen molar-refractivity contribution < 1.29 is 8.91 Å². The maximum absolute atomic E-state index is 13.4. The van der Waals surface area contributed by atoms with Crippen LogP contribution in [0, 0.1) is 12.7 Å². The van der Waals surface area contributed by atoms with Crippen LogP contribution in [-0.4, -0.2) is 20.1 Å². The van der Waals surface area contributed by atoms with Crippen molar-refractivity contribution in [2.24, 2.45) is 0 Å². The number of nitrogens with zero attached hydrogens (tertiary/aromatic N) is 3. The number of fused-ring (bicyclic) bond motifs is 1. The van der Waals surface area contributed by atoms with E-state index in [0.717, 1.165) is 6.20 Å². The van der Waals surface area contributed by atoms with E-state index < -0.39 is 0 Å². The highest BCUT2D eigenvalue weighted by Gasteiger charge is 2.15. The normalized spacial score (nSPS) is 11.1. The Labute approximate surface area is 89.3 Å². The summed E-state index contributed by atoms with van der Waals surface area (Å²) in [6.07, 6.45) is 2.78. The van der Waals surface area contributed by atoms with Gasteiger partial charge in [-0.15, -0.1) is 0 Å². The lowest BCUT2D eigenvalue weighted by Crippen LogP contribution is -1.88. The van der Waals surface area contributed by atoms with Crippen molar-refractivity contribution in [2.45, 2.75) is 6.92 Å². The summed E-state index contributed by atoms with van der Waals surface area (Å²) in [5, 5.41) is 4.13. The largest absolute Gasteiger partial charge is 0.359 e. The second kappa shape index (κ2) is 3.13. The number of aromatic nitrogens is 4. The molecule has 3 aromatic heterocycles. The molecule has 0 atom stereocenters. The standard InChI is InChI=1S/C10H7FN4O/c1-5-14-10(16-15-5)9-8-6(2-3-12-8)7(11)4-13-9/h2-4,12H,1H3. The first-order chi connectivity index (χ1) is 7.75. The minimum atomic E-state index is -0.378. The van der Waals surface area contributed by atoms with Crippen molar-refractivity contribution >= 4 is 10.9 Å². The quantitative estimate of drug-likeness (QED) is 0.678. The van der Waals surface area contributed by atoms with E-state index in [1.165, 1.54) is 0 Å². The molecule has 0 fully saturated rings. The number of hydrogen-bond acceptors (Lipinski definition) is 4. The van der Waals surface area contributed by atoms with Gasteiger partial charge in [0.15, 0.2) is 17.3 Å². The number of rotatable bonds is 1. The number of pyridine rings is 1. The summed E-state index contributed by atoms with van der Waals surface area (Å²) < 4.78 is 18.4. The zero-order valence-corrected chi connectivity index (χ0v) is 8.36. The molecule has 0 aliphatic heterocycles. The third-order valence-corrected chi connectivity index (χ3v) is 2.28. The van der Waals surface area contributed by atoms with E-state index in [1.807, 2.05) is 0 Å². The number of hydrogen-bond donors (Lipinski definition) is 1. The zero-order valence-electron chi connectivity index (χ0n) is 8.36. The van der Waals surface area contributed by atoms with E-state index in [0.29, 0.717) is 22.4 Å². The molecule has 0 saturated heterocycles. The number of aromatic amines is 1. The minimum Gasteiger partial charge on any atom is -0.359 e. The van der Waals surface area contributed by atoms with Crippen molar-refractivity contribution in [2.75, 3.05) is 0 Å². The molecule has 0 amide bonds. The summed E-state index contributed by atoms with van der Waals surface area (Å²) in [6.45, 7) is 1.71. The molecule has 3 aromatic rings. The summed E-state index contributed by atoms with van der Waals surface area (Å²) in [7, 11) is 0. The van der Waals surface area contributed by atoms with Crippen LogP contribution in [0.25, 0.3) is 22.5 Å². The monoisotopic (exact) mass is 218 g/mol. The van der Waals surface area contributed by atoms with Crippen LogP contribution in [0.1, 0.15) is 5.82 Å². The SMILES string of the molecule is Cc1noc(-c2ncc(F)c3cc[nH]c23)n1. The van der Waals surface area contributed by atoms with Gasteiger partial charge in [-0.25, -0.2) is 9.37 Å². The average Bonchev–Trinajstić information content (AvgIpc) is 2.87. The Kier molecular flexibility index (Phi) is 1.76. The Balaban J connectivity index is 2.32. The predicted octanol–water partition coefficient (Wildman–Crippen LogP) is 2.06. The van der Waals surface area contributed by atoms with Crippen LogP contribution in [-0.2, 0) is 0 Å². The highest BCUT2D eigenvalue weighted by Crippen LogP contribution is 2.25. The van der Waals surface area contributed by atoms with E-state index in [9.17, 15) is 4.39 Å². The molecule has 3 rings (SSSR count). The van der Waals surface area contributed by atoms with Crippen molar-refractivity contribution in [3.8, 4) is 11.6 Å². The molecule has 1 N–H and O–H groups in total. The van der Waals surface area contributed by atoms with Crippen LogP contribution in [0.2, 0.25) is 0 Å². The lowest BCUT2D eigenvalue weighted by molar-refractivity contribution is 0.424. The second-order valence-corrected chi connectivity index (χ2v) is 3.37. The van der Waals surface area contributed by atoms with Gasteiger partial charge in [0.2, 0.25) is 0 Å². The molecular formula is C10H7FN4O. The van der Waals surface area contributed by atoms with Crippen molar-refractivity contribution in [1.82, 2.24) is 20.1 Å². The maximum atomic E-state index is 13.4. The molecular weight excluding hydrogens is 211 g/mol. The van der Waals surface area contributed by atoms with Crippen LogP contribution >= 0.6 is 0 Å². The maximum Gasteiger partial charge on any atom is 0.278 e. The van der Waals surface area contributed by atoms with E-state index in [4.69, 9.17) is 4.52 Å². The Morgan fingerprint density at radius 3 is 3.06 bits per heavy atom. The first-order valence-electron chi connectivity index (χ1n) is 4.68. The van der Waals surface area contributed by atoms with Crippen LogP contribution in [0.15, 0.2) is 23.0 Å². The molecule has 0 aliphatic carbocycles. The molecule has 16 heavy (non-hydrogen) atoms.